The molecule has 2 rings (SSSR count). The molecule has 0 saturated carbocycles. The predicted molar refractivity (Wildman–Crippen MR) is 76.1 cm³/mol. The van der Waals surface area contributed by atoms with Crippen LogP contribution in [0, 0.1) is 0 Å². The Bertz CT molecular complexity index is 554. The average Bonchev–Trinajstić information content (AvgIpc) is 2.48. The molecular formula is C15H17N3O. The molecule has 0 saturated heterocycles. The van der Waals surface area contributed by atoms with Gasteiger partial charge in [-0.25, -0.2) is 0 Å². The third kappa shape index (κ3) is 3.10. The lowest BCUT2D eigenvalue weighted by atomic mass is 10.1. The summed E-state index contributed by atoms with van der Waals surface area (Å²) in [6.07, 6.45) is 1.72. The minimum atomic E-state index is -0.126. The molecule has 0 spiro atoms. The summed E-state index contributed by atoms with van der Waals surface area (Å²) in [5, 5.41) is 5.96. The van der Waals surface area contributed by atoms with E-state index in [4.69, 9.17) is 0 Å². The fourth-order valence-electron chi connectivity index (χ4n) is 1.88. The Morgan fingerprint density at radius 1 is 1.16 bits per heavy atom. The van der Waals surface area contributed by atoms with Crippen LogP contribution >= 0.6 is 0 Å². The minimum absolute atomic E-state index is 0.108. The lowest BCUT2D eigenvalue weighted by molar-refractivity contribution is 0.0940. The van der Waals surface area contributed by atoms with Crippen LogP contribution in [-0.4, -0.2) is 17.9 Å². The van der Waals surface area contributed by atoms with Gasteiger partial charge in [-0.2, -0.15) is 0 Å². The highest BCUT2D eigenvalue weighted by molar-refractivity contribution is 5.99. The molecule has 98 valence electrons. The highest BCUT2D eigenvalue weighted by Gasteiger charge is 2.14. The molecule has 4 heteroatoms. The van der Waals surface area contributed by atoms with E-state index in [0.29, 0.717) is 5.56 Å². The summed E-state index contributed by atoms with van der Waals surface area (Å²) in [6.45, 7) is 1.92. The quantitative estimate of drug-likeness (QED) is 0.883. The molecule has 0 aliphatic carbocycles. The maximum atomic E-state index is 12.2. The number of carbonyl (C=O) groups excluding carboxylic acids is 1. The number of aromatic nitrogens is 1. The molecule has 1 heterocycles. The molecule has 2 N–H and O–H groups in total. The lowest BCUT2D eigenvalue weighted by Gasteiger charge is -2.15. The fourth-order valence-corrected chi connectivity index (χ4v) is 1.88. The SMILES string of the molecule is CNc1ccccc1C(=O)N[C@H](C)c1ccccn1. The van der Waals surface area contributed by atoms with Gasteiger partial charge < -0.3 is 10.6 Å². The topological polar surface area (TPSA) is 54.0 Å². The molecule has 0 aliphatic heterocycles. The van der Waals surface area contributed by atoms with E-state index in [-0.39, 0.29) is 11.9 Å². The first-order valence-corrected chi connectivity index (χ1v) is 6.21. The number of rotatable bonds is 4. The second-order valence-corrected chi connectivity index (χ2v) is 4.25. The molecular weight excluding hydrogens is 238 g/mol. The summed E-state index contributed by atoms with van der Waals surface area (Å²) < 4.78 is 0. The number of hydrogen-bond acceptors (Lipinski definition) is 3. The number of anilines is 1. The van der Waals surface area contributed by atoms with Gasteiger partial charge >= 0.3 is 0 Å². The molecule has 1 aromatic carbocycles. The van der Waals surface area contributed by atoms with Gasteiger partial charge in [-0.1, -0.05) is 18.2 Å². The third-order valence-corrected chi connectivity index (χ3v) is 2.92. The van der Waals surface area contributed by atoms with Crippen LogP contribution < -0.4 is 10.6 Å². The summed E-state index contributed by atoms with van der Waals surface area (Å²) in [5.74, 6) is -0.108. The molecule has 0 fully saturated rings. The molecule has 1 amide bonds. The van der Waals surface area contributed by atoms with Crippen molar-refractivity contribution < 1.29 is 4.79 Å². The molecule has 0 aliphatic rings. The largest absolute Gasteiger partial charge is 0.387 e. The Balaban J connectivity index is 2.13. The zero-order valence-electron chi connectivity index (χ0n) is 11.1. The van der Waals surface area contributed by atoms with Crippen molar-refractivity contribution in [2.24, 2.45) is 0 Å². The van der Waals surface area contributed by atoms with Crippen molar-refractivity contribution in [2.75, 3.05) is 12.4 Å². The van der Waals surface area contributed by atoms with Gasteiger partial charge in [-0.05, 0) is 31.2 Å². The van der Waals surface area contributed by atoms with E-state index in [1.54, 1.807) is 19.3 Å². The molecule has 2 aromatic rings. The first-order valence-electron chi connectivity index (χ1n) is 6.21. The van der Waals surface area contributed by atoms with Crippen molar-refractivity contribution in [2.45, 2.75) is 13.0 Å². The molecule has 1 atom stereocenters. The van der Waals surface area contributed by atoms with Crippen LogP contribution in [0.2, 0.25) is 0 Å². The monoisotopic (exact) mass is 255 g/mol. The molecule has 4 nitrogen and oxygen atoms in total. The van der Waals surface area contributed by atoms with E-state index >= 15 is 0 Å². The van der Waals surface area contributed by atoms with Gasteiger partial charge in [0.2, 0.25) is 0 Å². The van der Waals surface area contributed by atoms with E-state index in [1.165, 1.54) is 0 Å². The van der Waals surface area contributed by atoms with Crippen molar-refractivity contribution >= 4 is 11.6 Å². The number of nitrogens with one attached hydrogen (secondary N) is 2. The third-order valence-electron chi connectivity index (χ3n) is 2.92. The van der Waals surface area contributed by atoms with Gasteiger partial charge in [0.1, 0.15) is 0 Å². The van der Waals surface area contributed by atoms with Crippen LogP contribution in [0.4, 0.5) is 5.69 Å². The van der Waals surface area contributed by atoms with E-state index < -0.39 is 0 Å². The van der Waals surface area contributed by atoms with E-state index in [2.05, 4.69) is 15.6 Å². The number of amides is 1. The summed E-state index contributed by atoms with van der Waals surface area (Å²) in [5.41, 5.74) is 2.29. The van der Waals surface area contributed by atoms with Crippen LogP contribution in [0.1, 0.15) is 29.0 Å². The molecule has 0 bridgehead atoms. The zero-order chi connectivity index (χ0) is 13.7. The second kappa shape index (κ2) is 6.00. The molecule has 0 unspecified atom stereocenters. The van der Waals surface area contributed by atoms with Crippen LogP contribution in [0.5, 0.6) is 0 Å². The zero-order valence-corrected chi connectivity index (χ0v) is 11.1. The Hall–Kier alpha value is -2.36. The lowest BCUT2D eigenvalue weighted by Crippen LogP contribution is -2.27. The highest BCUT2D eigenvalue weighted by atomic mass is 16.1. The first-order chi connectivity index (χ1) is 9.22. The Labute approximate surface area is 112 Å². The number of benzene rings is 1. The van der Waals surface area contributed by atoms with Crippen molar-refractivity contribution in [3.8, 4) is 0 Å². The van der Waals surface area contributed by atoms with Crippen LogP contribution in [0.15, 0.2) is 48.7 Å². The van der Waals surface area contributed by atoms with E-state index in [0.717, 1.165) is 11.4 Å². The van der Waals surface area contributed by atoms with Crippen LogP contribution in [0.3, 0.4) is 0 Å². The fraction of sp³-hybridized carbons (Fsp3) is 0.200. The number of pyridine rings is 1. The predicted octanol–water partition coefficient (Wildman–Crippen LogP) is 2.61. The normalized spacial score (nSPS) is 11.7. The minimum Gasteiger partial charge on any atom is -0.387 e. The maximum absolute atomic E-state index is 12.2. The van der Waals surface area contributed by atoms with Gasteiger partial charge in [0.15, 0.2) is 0 Å². The molecule has 0 radical (unpaired) electrons. The summed E-state index contributed by atoms with van der Waals surface area (Å²) in [7, 11) is 1.80. The molecule has 19 heavy (non-hydrogen) atoms. The maximum Gasteiger partial charge on any atom is 0.253 e. The Kier molecular flexibility index (Phi) is 4.13. The average molecular weight is 255 g/mol. The Morgan fingerprint density at radius 3 is 2.58 bits per heavy atom. The highest BCUT2D eigenvalue weighted by Crippen LogP contribution is 2.16. The number of para-hydroxylation sites is 1. The van der Waals surface area contributed by atoms with Crippen molar-refractivity contribution in [3.05, 3.63) is 59.9 Å². The van der Waals surface area contributed by atoms with Crippen molar-refractivity contribution in [1.29, 1.82) is 0 Å². The van der Waals surface area contributed by atoms with Crippen molar-refractivity contribution in [3.63, 3.8) is 0 Å². The second-order valence-electron chi connectivity index (χ2n) is 4.25. The Morgan fingerprint density at radius 2 is 1.89 bits per heavy atom. The summed E-state index contributed by atoms with van der Waals surface area (Å²) in [6, 6.07) is 13.0. The number of carbonyl (C=O) groups is 1. The van der Waals surface area contributed by atoms with Gasteiger partial charge in [0.25, 0.3) is 5.91 Å². The van der Waals surface area contributed by atoms with Crippen molar-refractivity contribution in [1.82, 2.24) is 10.3 Å². The first kappa shape index (κ1) is 13.1. The standard InChI is InChI=1S/C15H17N3O/c1-11(13-8-5-6-10-17-13)18-15(19)12-7-3-4-9-14(12)16-2/h3-11,16H,1-2H3,(H,18,19)/t11-/m1/s1. The smallest absolute Gasteiger partial charge is 0.253 e. The van der Waals surface area contributed by atoms with E-state index in [9.17, 15) is 4.79 Å². The van der Waals surface area contributed by atoms with Gasteiger partial charge in [0.05, 0.1) is 17.3 Å². The van der Waals surface area contributed by atoms with Gasteiger partial charge in [0, 0.05) is 18.9 Å². The van der Waals surface area contributed by atoms with Crippen LogP contribution in [-0.2, 0) is 0 Å². The summed E-state index contributed by atoms with van der Waals surface area (Å²) >= 11 is 0. The van der Waals surface area contributed by atoms with Gasteiger partial charge in [-0.15, -0.1) is 0 Å². The van der Waals surface area contributed by atoms with E-state index in [1.807, 2.05) is 43.3 Å². The number of nitrogens with zero attached hydrogens (tertiary/aromatic N) is 1. The van der Waals surface area contributed by atoms with Gasteiger partial charge in [-0.3, -0.25) is 9.78 Å². The molecule has 1 aromatic heterocycles. The summed E-state index contributed by atoms with van der Waals surface area (Å²) in [4.78, 5) is 16.5. The number of hydrogen-bond donors (Lipinski definition) is 2. The van der Waals surface area contributed by atoms with Crippen LogP contribution in [0.25, 0.3) is 0 Å².